The lowest BCUT2D eigenvalue weighted by Gasteiger charge is -2.11. The molecule has 0 aliphatic rings. The van der Waals surface area contributed by atoms with Crippen molar-refractivity contribution in [3.8, 4) is 11.5 Å². The average molecular weight is 440 g/mol. The molecule has 0 saturated carbocycles. The number of aldehydes is 1. The molecular formula is C23H20O7S. The SMILES string of the molecule is CCOC(=O)c1cc(COc2ccccc2C(=O)O)c(COc2ccccc2C=O)s1. The Labute approximate surface area is 182 Å². The molecule has 0 saturated heterocycles. The fourth-order valence-electron chi connectivity index (χ4n) is 2.79. The second-order valence-corrected chi connectivity index (χ2v) is 7.45. The molecule has 8 heteroatoms. The summed E-state index contributed by atoms with van der Waals surface area (Å²) in [5, 5.41) is 9.33. The maximum Gasteiger partial charge on any atom is 0.348 e. The van der Waals surface area contributed by atoms with Gasteiger partial charge in [0.25, 0.3) is 0 Å². The third kappa shape index (κ3) is 5.49. The molecule has 0 bridgehead atoms. The number of carbonyl (C=O) groups excluding carboxylic acids is 2. The van der Waals surface area contributed by atoms with Gasteiger partial charge in [-0.15, -0.1) is 11.3 Å². The zero-order chi connectivity index (χ0) is 22.2. The molecule has 3 rings (SSSR count). The molecule has 2 aromatic carbocycles. The lowest BCUT2D eigenvalue weighted by atomic mass is 10.2. The van der Waals surface area contributed by atoms with Gasteiger partial charge < -0.3 is 19.3 Å². The molecule has 1 N–H and O–H groups in total. The first-order chi connectivity index (χ1) is 15.0. The fraction of sp³-hybridized carbons (Fsp3) is 0.174. The van der Waals surface area contributed by atoms with Gasteiger partial charge in [0.15, 0.2) is 6.29 Å². The number of thiophene rings is 1. The van der Waals surface area contributed by atoms with Crippen LogP contribution in [0.25, 0.3) is 0 Å². The normalized spacial score (nSPS) is 10.4. The second-order valence-electron chi connectivity index (χ2n) is 6.31. The monoisotopic (exact) mass is 440 g/mol. The van der Waals surface area contributed by atoms with Crippen LogP contribution < -0.4 is 9.47 Å². The van der Waals surface area contributed by atoms with Crippen LogP contribution in [-0.2, 0) is 18.0 Å². The molecule has 0 unspecified atom stereocenters. The van der Waals surface area contributed by atoms with Crippen LogP contribution in [0.3, 0.4) is 0 Å². The average Bonchev–Trinajstić information content (AvgIpc) is 3.20. The van der Waals surface area contributed by atoms with Crippen LogP contribution in [-0.4, -0.2) is 29.9 Å². The molecule has 1 aromatic heterocycles. The molecule has 0 radical (unpaired) electrons. The van der Waals surface area contributed by atoms with E-state index < -0.39 is 11.9 Å². The van der Waals surface area contributed by atoms with Crippen molar-refractivity contribution < 1.29 is 33.7 Å². The fourth-order valence-corrected chi connectivity index (χ4v) is 3.77. The molecule has 0 amide bonds. The maximum absolute atomic E-state index is 12.2. The zero-order valence-corrected chi connectivity index (χ0v) is 17.5. The number of esters is 1. The van der Waals surface area contributed by atoms with Crippen molar-refractivity contribution in [3.63, 3.8) is 0 Å². The van der Waals surface area contributed by atoms with Crippen LogP contribution in [0.1, 0.15) is 47.8 Å². The molecule has 3 aromatic rings. The number of rotatable bonds is 10. The summed E-state index contributed by atoms with van der Waals surface area (Å²) >= 11 is 1.20. The number of carbonyl (C=O) groups is 3. The smallest absolute Gasteiger partial charge is 0.348 e. The minimum Gasteiger partial charge on any atom is -0.488 e. The largest absolute Gasteiger partial charge is 0.488 e. The maximum atomic E-state index is 12.2. The van der Waals surface area contributed by atoms with Gasteiger partial charge >= 0.3 is 11.9 Å². The first kappa shape index (κ1) is 22.0. The van der Waals surface area contributed by atoms with Gasteiger partial charge in [-0.1, -0.05) is 24.3 Å². The predicted octanol–water partition coefficient (Wildman–Crippen LogP) is 4.59. The Morgan fingerprint density at radius 1 is 1.00 bits per heavy atom. The van der Waals surface area contributed by atoms with Crippen molar-refractivity contribution in [2.24, 2.45) is 0 Å². The van der Waals surface area contributed by atoms with E-state index in [0.29, 0.717) is 32.9 Å². The van der Waals surface area contributed by atoms with E-state index in [9.17, 15) is 19.5 Å². The Kier molecular flexibility index (Phi) is 7.40. The van der Waals surface area contributed by atoms with E-state index in [4.69, 9.17) is 14.2 Å². The van der Waals surface area contributed by atoms with E-state index in [2.05, 4.69) is 0 Å². The Bertz CT molecular complexity index is 1090. The van der Waals surface area contributed by atoms with Crippen molar-refractivity contribution in [1.29, 1.82) is 0 Å². The summed E-state index contributed by atoms with van der Waals surface area (Å²) in [5.74, 6) is -0.912. The third-order valence-electron chi connectivity index (χ3n) is 4.28. The second kappa shape index (κ2) is 10.4. The lowest BCUT2D eigenvalue weighted by molar-refractivity contribution is 0.0531. The van der Waals surface area contributed by atoms with Crippen molar-refractivity contribution >= 4 is 29.6 Å². The first-order valence-corrected chi connectivity index (χ1v) is 10.3. The van der Waals surface area contributed by atoms with Gasteiger partial charge in [0, 0.05) is 10.4 Å². The minimum absolute atomic E-state index is 0.0359. The van der Waals surface area contributed by atoms with E-state index in [-0.39, 0.29) is 31.1 Å². The van der Waals surface area contributed by atoms with Crippen molar-refractivity contribution in [3.05, 3.63) is 81.0 Å². The summed E-state index contributed by atoms with van der Waals surface area (Å²) in [5.41, 5.74) is 1.12. The highest BCUT2D eigenvalue weighted by Gasteiger charge is 2.18. The molecule has 160 valence electrons. The van der Waals surface area contributed by atoms with Crippen LogP contribution >= 0.6 is 11.3 Å². The van der Waals surface area contributed by atoms with Gasteiger partial charge in [0.05, 0.1) is 12.2 Å². The van der Waals surface area contributed by atoms with Crippen LogP contribution in [0, 0.1) is 0 Å². The van der Waals surface area contributed by atoms with Crippen LogP contribution in [0.15, 0.2) is 54.6 Å². The predicted molar refractivity (Wildman–Crippen MR) is 114 cm³/mol. The molecule has 0 fully saturated rings. The number of hydrogen-bond acceptors (Lipinski definition) is 7. The molecule has 0 atom stereocenters. The Balaban J connectivity index is 1.83. The van der Waals surface area contributed by atoms with E-state index in [1.807, 2.05) is 0 Å². The molecule has 0 aliphatic carbocycles. The molecular weight excluding hydrogens is 420 g/mol. The summed E-state index contributed by atoms with van der Waals surface area (Å²) in [6.07, 6.45) is 0.709. The van der Waals surface area contributed by atoms with E-state index >= 15 is 0 Å². The minimum atomic E-state index is -1.10. The number of para-hydroxylation sites is 2. The zero-order valence-electron chi connectivity index (χ0n) is 16.7. The Morgan fingerprint density at radius 2 is 1.68 bits per heavy atom. The van der Waals surface area contributed by atoms with Gasteiger partial charge in [0.2, 0.25) is 0 Å². The molecule has 31 heavy (non-hydrogen) atoms. The van der Waals surface area contributed by atoms with Gasteiger partial charge in [0.1, 0.15) is 35.2 Å². The summed E-state index contributed by atoms with van der Waals surface area (Å²) in [4.78, 5) is 35.9. The number of hydrogen-bond donors (Lipinski definition) is 1. The molecule has 0 aliphatic heterocycles. The number of aromatic carboxylic acids is 1. The van der Waals surface area contributed by atoms with Gasteiger partial charge in [-0.05, 0) is 37.3 Å². The first-order valence-electron chi connectivity index (χ1n) is 9.44. The highest BCUT2D eigenvalue weighted by Crippen LogP contribution is 2.28. The van der Waals surface area contributed by atoms with Crippen LogP contribution in [0.4, 0.5) is 0 Å². The van der Waals surface area contributed by atoms with E-state index in [1.54, 1.807) is 55.5 Å². The number of ether oxygens (including phenoxy) is 3. The highest BCUT2D eigenvalue weighted by atomic mass is 32.1. The summed E-state index contributed by atoms with van der Waals surface area (Å²) < 4.78 is 16.6. The van der Waals surface area contributed by atoms with Gasteiger partial charge in [-0.2, -0.15) is 0 Å². The molecule has 7 nitrogen and oxygen atoms in total. The van der Waals surface area contributed by atoms with Crippen molar-refractivity contribution in [2.45, 2.75) is 20.1 Å². The highest BCUT2D eigenvalue weighted by molar-refractivity contribution is 7.14. The molecule has 0 spiro atoms. The van der Waals surface area contributed by atoms with Crippen molar-refractivity contribution in [2.75, 3.05) is 6.61 Å². The van der Waals surface area contributed by atoms with E-state index in [1.165, 1.54) is 17.4 Å². The van der Waals surface area contributed by atoms with E-state index in [0.717, 1.165) is 0 Å². The number of benzene rings is 2. The number of carboxylic acids is 1. The lowest BCUT2D eigenvalue weighted by Crippen LogP contribution is -2.05. The summed E-state index contributed by atoms with van der Waals surface area (Å²) in [6, 6.07) is 14.8. The number of carboxylic acid groups (broad SMARTS) is 1. The van der Waals surface area contributed by atoms with Gasteiger partial charge in [-0.25, -0.2) is 9.59 Å². The summed E-state index contributed by atoms with van der Waals surface area (Å²) in [6.45, 7) is 2.11. The Hall–Kier alpha value is -3.65. The van der Waals surface area contributed by atoms with Crippen LogP contribution in [0.2, 0.25) is 0 Å². The summed E-state index contributed by atoms with van der Waals surface area (Å²) in [7, 11) is 0. The van der Waals surface area contributed by atoms with Crippen LogP contribution in [0.5, 0.6) is 11.5 Å². The molecule has 1 heterocycles. The van der Waals surface area contributed by atoms with Crippen molar-refractivity contribution in [1.82, 2.24) is 0 Å². The quantitative estimate of drug-likeness (QED) is 0.363. The standard InChI is InChI=1S/C23H20O7S/c1-2-28-23(27)20-11-16(13-29-19-10-6-4-8-17(19)22(25)26)21(31-20)14-30-18-9-5-3-7-15(18)12-24/h3-12H,2,13-14H2,1H3,(H,25,26). The third-order valence-corrected chi connectivity index (χ3v) is 5.41. The topological polar surface area (TPSA) is 99.1 Å². The van der Waals surface area contributed by atoms with Gasteiger partial charge in [-0.3, -0.25) is 4.79 Å². The Morgan fingerprint density at radius 3 is 2.39 bits per heavy atom.